The molecule has 0 aromatic heterocycles. The summed E-state index contributed by atoms with van der Waals surface area (Å²) in [5.41, 5.74) is 0.593. The van der Waals surface area contributed by atoms with Crippen molar-refractivity contribution in [2.45, 2.75) is 0 Å². The van der Waals surface area contributed by atoms with Crippen molar-refractivity contribution in [2.24, 2.45) is 0 Å². The van der Waals surface area contributed by atoms with Crippen LogP contribution in [0.1, 0.15) is 0 Å². The Morgan fingerprint density at radius 3 is 2.56 bits per heavy atom. The highest BCUT2D eigenvalue weighted by molar-refractivity contribution is 6.35. The third kappa shape index (κ3) is 2.17. The maximum Gasteiger partial charge on any atom is 0.265 e. The van der Waals surface area contributed by atoms with Crippen LogP contribution in [0.2, 0.25) is 0 Å². The summed E-state index contributed by atoms with van der Waals surface area (Å²) in [6.45, 7) is 0. The Morgan fingerprint density at radius 1 is 1.28 bits per heavy atom. The molecule has 1 aliphatic heterocycles. The Balaban J connectivity index is 2.34. The number of anilines is 1. The molecule has 5 heteroatoms. The second-order valence-corrected chi connectivity index (χ2v) is 3.93. The van der Waals surface area contributed by atoms with Crippen molar-refractivity contribution in [3.63, 3.8) is 0 Å². The van der Waals surface area contributed by atoms with Gasteiger partial charge in [0.1, 0.15) is 11.1 Å². The Labute approximate surface area is 108 Å². The van der Waals surface area contributed by atoms with Crippen molar-refractivity contribution < 1.29 is 9.59 Å². The molecule has 0 atom stereocenters. The number of allylic oxidation sites excluding steroid dienone is 1. The van der Waals surface area contributed by atoms with Crippen molar-refractivity contribution in [2.75, 3.05) is 4.90 Å². The molecule has 2 rings (SSSR count). The zero-order valence-electron chi connectivity index (χ0n) is 9.13. The average molecular weight is 259 g/mol. The first kappa shape index (κ1) is 12.1. The molecule has 0 saturated heterocycles. The van der Waals surface area contributed by atoms with Gasteiger partial charge in [-0.05, 0) is 18.2 Å². The van der Waals surface area contributed by atoms with Gasteiger partial charge in [0.2, 0.25) is 0 Å². The van der Waals surface area contributed by atoms with Gasteiger partial charge in [0.25, 0.3) is 11.8 Å². The average Bonchev–Trinajstić information content (AvgIpc) is 2.65. The van der Waals surface area contributed by atoms with E-state index in [0.29, 0.717) is 5.69 Å². The molecule has 0 fully saturated rings. The molecule has 0 radical (unpaired) electrons. The number of nitrogens with zero attached hydrogens (tertiary/aromatic N) is 2. The SMILES string of the molecule is N#CC(Cl)=CC1=CC(=O)N(c2ccccc2)C1=O. The number of benzene rings is 1. The number of imide groups is 1. The smallest absolute Gasteiger partial charge is 0.265 e. The summed E-state index contributed by atoms with van der Waals surface area (Å²) in [5.74, 6) is -0.931. The van der Waals surface area contributed by atoms with E-state index >= 15 is 0 Å². The third-order valence-corrected chi connectivity index (χ3v) is 2.55. The molecule has 1 heterocycles. The lowest BCUT2D eigenvalue weighted by atomic mass is 10.2. The first-order chi connectivity index (χ1) is 8.63. The largest absolute Gasteiger partial charge is 0.269 e. The van der Waals surface area contributed by atoms with Crippen LogP contribution in [-0.4, -0.2) is 11.8 Å². The highest BCUT2D eigenvalue weighted by atomic mass is 35.5. The van der Waals surface area contributed by atoms with E-state index in [0.717, 1.165) is 11.0 Å². The maximum absolute atomic E-state index is 12.0. The quantitative estimate of drug-likeness (QED) is 0.603. The van der Waals surface area contributed by atoms with Crippen molar-refractivity contribution in [3.05, 3.63) is 53.1 Å². The lowest BCUT2D eigenvalue weighted by Crippen LogP contribution is -2.30. The zero-order valence-corrected chi connectivity index (χ0v) is 9.89. The molecule has 0 bridgehead atoms. The molecule has 0 spiro atoms. The number of rotatable bonds is 2. The number of nitriles is 1. The summed E-state index contributed by atoms with van der Waals surface area (Å²) in [6, 6.07) is 10.2. The van der Waals surface area contributed by atoms with Crippen LogP contribution in [0.25, 0.3) is 0 Å². The predicted molar refractivity (Wildman–Crippen MR) is 66.6 cm³/mol. The van der Waals surface area contributed by atoms with E-state index in [4.69, 9.17) is 16.9 Å². The molecule has 2 amide bonds. The van der Waals surface area contributed by atoms with Crippen molar-refractivity contribution in [1.29, 1.82) is 5.26 Å². The van der Waals surface area contributed by atoms with Crippen molar-refractivity contribution in [3.8, 4) is 6.07 Å². The summed E-state index contributed by atoms with van der Waals surface area (Å²) in [6.07, 6.45) is 2.35. The van der Waals surface area contributed by atoms with E-state index in [9.17, 15) is 9.59 Å². The molecule has 1 aliphatic rings. The molecule has 1 aromatic rings. The van der Waals surface area contributed by atoms with E-state index in [1.54, 1.807) is 36.4 Å². The molecular formula is C13H7ClN2O2. The molecule has 88 valence electrons. The number of amides is 2. The van der Waals surface area contributed by atoms with Crippen LogP contribution in [0.5, 0.6) is 0 Å². The highest BCUT2D eigenvalue weighted by Crippen LogP contribution is 2.23. The number of para-hydroxylation sites is 1. The van der Waals surface area contributed by atoms with Crippen LogP contribution in [0.4, 0.5) is 5.69 Å². The lowest BCUT2D eigenvalue weighted by molar-refractivity contribution is -0.120. The van der Waals surface area contributed by atoms with Crippen LogP contribution in [0.15, 0.2) is 53.1 Å². The molecule has 0 saturated carbocycles. The third-order valence-electron chi connectivity index (χ3n) is 2.35. The van der Waals surface area contributed by atoms with Gasteiger partial charge in [-0.1, -0.05) is 29.8 Å². The van der Waals surface area contributed by atoms with Gasteiger partial charge >= 0.3 is 0 Å². The number of halogens is 1. The first-order valence-corrected chi connectivity index (χ1v) is 5.44. The van der Waals surface area contributed by atoms with Gasteiger partial charge in [0.05, 0.1) is 5.69 Å². The van der Waals surface area contributed by atoms with Gasteiger partial charge in [0.15, 0.2) is 0 Å². The Hall–Kier alpha value is -2.38. The fourth-order valence-corrected chi connectivity index (χ4v) is 1.70. The molecule has 0 N–H and O–H groups in total. The predicted octanol–water partition coefficient (Wildman–Crippen LogP) is 2.13. The summed E-state index contributed by atoms with van der Waals surface area (Å²) < 4.78 is 0. The van der Waals surface area contributed by atoms with Gasteiger partial charge in [-0.3, -0.25) is 9.59 Å². The molecular weight excluding hydrogens is 252 g/mol. The highest BCUT2D eigenvalue weighted by Gasteiger charge is 2.31. The summed E-state index contributed by atoms with van der Waals surface area (Å²) in [4.78, 5) is 24.8. The van der Waals surface area contributed by atoms with Crippen LogP contribution < -0.4 is 4.90 Å². The van der Waals surface area contributed by atoms with Crippen LogP contribution in [0.3, 0.4) is 0 Å². The number of hydrogen-bond donors (Lipinski definition) is 0. The molecule has 1 aromatic carbocycles. The monoisotopic (exact) mass is 258 g/mol. The summed E-state index contributed by atoms with van der Waals surface area (Å²) in [5, 5.41) is 8.40. The van der Waals surface area contributed by atoms with Gasteiger partial charge < -0.3 is 0 Å². The number of hydrogen-bond acceptors (Lipinski definition) is 3. The van der Waals surface area contributed by atoms with E-state index in [1.807, 2.05) is 0 Å². The maximum atomic E-state index is 12.0. The minimum absolute atomic E-state index is 0.107. The summed E-state index contributed by atoms with van der Waals surface area (Å²) in [7, 11) is 0. The van der Waals surface area contributed by atoms with Gasteiger partial charge in [-0.15, -0.1) is 0 Å². The normalized spacial score (nSPS) is 15.7. The van der Waals surface area contributed by atoms with Crippen LogP contribution in [-0.2, 0) is 9.59 Å². The van der Waals surface area contributed by atoms with Crippen molar-refractivity contribution in [1.82, 2.24) is 0 Å². The lowest BCUT2D eigenvalue weighted by Gasteiger charge is -2.13. The van der Waals surface area contributed by atoms with Crippen LogP contribution in [0, 0.1) is 11.3 Å². The fraction of sp³-hybridized carbons (Fsp3) is 0. The molecule has 0 unspecified atom stereocenters. The molecule has 0 aliphatic carbocycles. The minimum Gasteiger partial charge on any atom is -0.269 e. The number of carbonyl (C=O) groups excluding carboxylic acids is 2. The molecule has 4 nitrogen and oxygen atoms in total. The Bertz CT molecular complexity index is 612. The molecule has 18 heavy (non-hydrogen) atoms. The van der Waals surface area contributed by atoms with E-state index < -0.39 is 11.8 Å². The standard InChI is InChI=1S/C13H7ClN2O2/c14-10(8-15)6-9-7-12(17)16(13(9)18)11-4-2-1-3-5-11/h1-7H. The van der Waals surface area contributed by atoms with E-state index in [2.05, 4.69) is 0 Å². The van der Waals surface area contributed by atoms with Gasteiger partial charge in [-0.25, -0.2) is 4.90 Å². The van der Waals surface area contributed by atoms with E-state index in [-0.39, 0.29) is 10.6 Å². The second kappa shape index (κ2) is 4.86. The second-order valence-electron chi connectivity index (χ2n) is 3.52. The fourth-order valence-electron chi connectivity index (χ4n) is 1.58. The number of carbonyl (C=O) groups is 2. The minimum atomic E-state index is -0.486. The topological polar surface area (TPSA) is 61.2 Å². The van der Waals surface area contributed by atoms with E-state index in [1.165, 1.54) is 6.08 Å². The Kier molecular flexibility index (Phi) is 3.26. The first-order valence-electron chi connectivity index (χ1n) is 5.06. The van der Waals surface area contributed by atoms with Crippen LogP contribution >= 0.6 is 11.6 Å². The van der Waals surface area contributed by atoms with Gasteiger partial charge in [0, 0.05) is 11.6 Å². The van der Waals surface area contributed by atoms with Gasteiger partial charge in [-0.2, -0.15) is 5.26 Å². The summed E-state index contributed by atoms with van der Waals surface area (Å²) >= 11 is 5.53. The van der Waals surface area contributed by atoms with Crippen molar-refractivity contribution >= 4 is 29.1 Å². The zero-order chi connectivity index (χ0) is 13.1. The Morgan fingerprint density at radius 2 is 1.94 bits per heavy atom.